The van der Waals surface area contributed by atoms with E-state index in [9.17, 15) is 0 Å². The van der Waals surface area contributed by atoms with Gasteiger partial charge in [0, 0.05) is 0 Å². The van der Waals surface area contributed by atoms with Gasteiger partial charge in [-0.05, 0) is 66.0 Å². The van der Waals surface area contributed by atoms with Gasteiger partial charge in [0.05, 0.1) is 0 Å². The van der Waals surface area contributed by atoms with E-state index in [0.29, 0.717) is 0 Å². The van der Waals surface area contributed by atoms with E-state index in [1.165, 1.54) is 113 Å². The van der Waals surface area contributed by atoms with Gasteiger partial charge in [-0.1, -0.05) is 109 Å². The molecule has 0 saturated heterocycles. The summed E-state index contributed by atoms with van der Waals surface area (Å²) in [7, 11) is 0. The van der Waals surface area contributed by atoms with Gasteiger partial charge in [0.2, 0.25) is 0 Å². The second-order valence-corrected chi connectivity index (χ2v) is 8.74. The molecule has 0 aliphatic rings. The molecule has 0 radical (unpaired) electrons. The van der Waals surface area contributed by atoms with Crippen molar-refractivity contribution in [2.45, 2.75) is 117 Å². The van der Waals surface area contributed by atoms with Crippen LogP contribution in [0.2, 0.25) is 0 Å². The average Bonchev–Trinajstić information content (AvgIpc) is 2.72. The summed E-state index contributed by atoms with van der Waals surface area (Å²) in [6, 6.07) is 12.3. The zero-order valence-electron chi connectivity index (χ0n) is 19.0. The minimum Gasteiger partial charge on any atom is -0.0654 e. The fourth-order valence-corrected chi connectivity index (χ4v) is 4.31. The Bertz CT molecular complexity index is 667. The molecule has 156 valence electrons. The maximum absolute atomic E-state index is 2.54. The highest BCUT2D eigenvalue weighted by atomic mass is 14.1. The minimum atomic E-state index is 1.24. The minimum absolute atomic E-state index is 1.24. The van der Waals surface area contributed by atoms with Crippen LogP contribution in [0.15, 0.2) is 30.3 Å². The number of hydrogen-bond acceptors (Lipinski definition) is 0. The number of hydrogen-bond donors (Lipinski definition) is 0. The Morgan fingerprint density at radius 3 is 1.68 bits per heavy atom. The van der Waals surface area contributed by atoms with E-state index < -0.39 is 0 Å². The van der Waals surface area contributed by atoms with Crippen molar-refractivity contribution < 1.29 is 0 Å². The molecule has 0 amide bonds. The van der Waals surface area contributed by atoms with Crippen molar-refractivity contribution in [3.63, 3.8) is 0 Å². The monoisotopic (exact) mass is 380 g/mol. The van der Waals surface area contributed by atoms with Gasteiger partial charge in [0.25, 0.3) is 0 Å². The molecule has 0 heteroatoms. The zero-order chi connectivity index (χ0) is 20.0. The van der Waals surface area contributed by atoms with Crippen LogP contribution in [0.3, 0.4) is 0 Å². The molecule has 0 bridgehead atoms. The van der Waals surface area contributed by atoms with Crippen molar-refractivity contribution in [1.29, 1.82) is 0 Å². The van der Waals surface area contributed by atoms with Gasteiger partial charge < -0.3 is 0 Å². The van der Waals surface area contributed by atoms with Crippen molar-refractivity contribution in [2.75, 3.05) is 0 Å². The topological polar surface area (TPSA) is 0 Å². The van der Waals surface area contributed by atoms with Crippen LogP contribution in [-0.4, -0.2) is 0 Å². The van der Waals surface area contributed by atoms with Crippen LogP contribution in [0.5, 0.6) is 0 Å². The van der Waals surface area contributed by atoms with Crippen molar-refractivity contribution >= 4 is 10.8 Å². The van der Waals surface area contributed by atoms with Crippen LogP contribution in [0.25, 0.3) is 10.8 Å². The molecule has 0 saturated carbocycles. The third-order valence-corrected chi connectivity index (χ3v) is 6.10. The summed E-state index contributed by atoms with van der Waals surface area (Å²) in [5.41, 5.74) is 4.70. The molecule has 0 nitrogen and oxygen atoms in total. The lowest BCUT2D eigenvalue weighted by Gasteiger charge is -2.13. The van der Waals surface area contributed by atoms with Crippen LogP contribution >= 0.6 is 0 Å². The van der Waals surface area contributed by atoms with Gasteiger partial charge in [-0.15, -0.1) is 0 Å². The first-order valence-corrected chi connectivity index (χ1v) is 12.3. The molecule has 2 aromatic rings. The summed E-state index contributed by atoms with van der Waals surface area (Å²) in [6.45, 7) is 6.89. The zero-order valence-corrected chi connectivity index (χ0v) is 19.0. The summed E-state index contributed by atoms with van der Waals surface area (Å²) in [5.74, 6) is 0. The molecule has 0 atom stereocenters. The molecule has 0 fully saturated rings. The van der Waals surface area contributed by atoms with E-state index in [4.69, 9.17) is 0 Å². The average molecular weight is 381 g/mol. The van der Waals surface area contributed by atoms with Gasteiger partial charge in [-0.25, -0.2) is 0 Å². The molecule has 0 unspecified atom stereocenters. The van der Waals surface area contributed by atoms with Crippen molar-refractivity contribution in [3.05, 3.63) is 47.0 Å². The van der Waals surface area contributed by atoms with Gasteiger partial charge in [0.1, 0.15) is 0 Å². The lowest BCUT2D eigenvalue weighted by Crippen LogP contribution is -1.95. The van der Waals surface area contributed by atoms with Crippen molar-refractivity contribution in [3.8, 4) is 0 Å². The van der Waals surface area contributed by atoms with E-state index in [2.05, 4.69) is 51.1 Å². The van der Waals surface area contributed by atoms with Gasteiger partial charge in [-0.2, -0.15) is 0 Å². The Labute approximate surface area is 175 Å². The van der Waals surface area contributed by atoms with Crippen LogP contribution in [0.4, 0.5) is 0 Å². The first kappa shape index (κ1) is 23.0. The molecule has 0 N–H and O–H groups in total. The SMILES string of the molecule is CCCCCCc1cc(CCCCCC)c2cc(CCCCCC)ccc2c1. The molecule has 28 heavy (non-hydrogen) atoms. The Kier molecular flexibility index (Phi) is 11.3. The summed E-state index contributed by atoms with van der Waals surface area (Å²) in [4.78, 5) is 0. The Balaban J connectivity index is 2.14. The fraction of sp³-hybridized carbons (Fsp3) is 0.643. The molecule has 0 heterocycles. The predicted molar refractivity (Wildman–Crippen MR) is 127 cm³/mol. The number of unbranched alkanes of at least 4 members (excludes halogenated alkanes) is 9. The normalized spacial score (nSPS) is 11.4. The molecule has 0 spiro atoms. The lowest BCUT2D eigenvalue weighted by molar-refractivity contribution is 0.662. The van der Waals surface area contributed by atoms with Gasteiger partial charge >= 0.3 is 0 Å². The predicted octanol–water partition coefficient (Wildman–Crippen LogP) is 9.21. The largest absolute Gasteiger partial charge is 0.0654 e. The Morgan fingerprint density at radius 2 is 1.07 bits per heavy atom. The molecule has 0 aromatic heterocycles. The highest BCUT2D eigenvalue weighted by Gasteiger charge is 2.07. The van der Waals surface area contributed by atoms with Crippen molar-refractivity contribution in [2.24, 2.45) is 0 Å². The third-order valence-electron chi connectivity index (χ3n) is 6.10. The maximum Gasteiger partial charge on any atom is -0.0149 e. The quantitative estimate of drug-likeness (QED) is 0.270. The first-order valence-electron chi connectivity index (χ1n) is 12.3. The van der Waals surface area contributed by atoms with Crippen molar-refractivity contribution in [1.82, 2.24) is 0 Å². The molecular weight excluding hydrogens is 336 g/mol. The number of aryl methyl sites for hydroxylation is 3. The summed E-state index contributed by atoms with van der Waals surface area (Å²) < 4.78 is 0. The van der Waals surface area contributed by atoms with Gasteiger partial charge in [-0.3, -0.25) is 0 Å². The number of fused-ring (bicyclic) bond motifs is 1. The summed E-state index contributed by atoms with van der Waals surface area (Å²) >= 11 is 0. The molecule has 0 aliphatic carbocycles. The second-order valence-electron chi connectivity index (χ2n) is 8.74. The van der Waals surface area contributed by atoms with Crippen LogP contribution in [0, 0.1) is 0 Å². The standard InChI is InChI=1S/C28H44/c1-4-7-10-13-16-24-19-20-27-22-25(17-14-11-8-5-2)21-26(28(27)23-24)18-15-12-9-6-3/h19-23H,4-18H2,1-3H3. The smallest absolute Gasteiger partial charge is 0.0149 e. The fourth-order valence-electron chi connectivity index (χ4n) is 4.31. The maximum atomic E-state index is 2.54. The first-order chi connectivity index (χ1) is 13.8. The summed E-state index contributed by atoms with van der Waals surface area (Å²) in [5, 5.41) is 3.00. The number of rotatable bonds is 15. The van der Waals surface area contributed by atoms with E-state index in [-0.39, 0.29) is 0 Å². The second kappa shape index (κ2) is 13.8. The molecule has 2 aromatic carbocycles. The Hall–Kier alpha value is -1.30. The van der Waals surface area contributed by atoms with Crippen LogP contribution in [0.1, 0.15) is 115 Å². The van der Waals surface area contributed by atoms with E-state index in [1.54, 1.807) is 11.1 Å². The lowest BCUT2D eigenvalue weighted by atomic mass is 9.92. The van der Waals surface area contributed by atoms with E-state index >= 15 is 0 Å². The molecule has 2 rings (SSSR count). The third kappa shape index (κ3) is 7.98. The highest BCUT2D eigenvalue weighted by molar-refractivity contribution is 5.87. The van der Waals surface area contributed by atoms with Crippen LogP contribution in [-0.2, 0) is 19.3 Å². The van der Waals surface area contributed by atoms with Gasteiger partial charge in [0.15, 0.2) is 0 Å². The highest BCUT2D eigenvalue weighted by Crippen LogP contribution is 2.26. The molecular formula is C28H44. The van der Waals surface area contributed by atoms with E-state index in [1.807, 2.05) is 0 Å². The summed E-state index contributed by atoms with van der Waals surface area (Å²) in [6.07, 6.45) is 19.9. The Morgan fingerprint density at radius 1 is 0.500 bits per heavy atom. The number of benzene rings is 2. The molecule has 0 aliphatic heterocycles. The van der Waals surface area contributed by atoms with Crippen LogP contribution < -0.4 is 0 Å². The van der Waals surface area contributed by atoms with E-state index in [0.717, 1.165) is 0 Å².